The molecule has 116 valence electrons. The monoisotopic (exact) mass is 305 g/mol. The van der Waals surface area contributed by atoms with Gasteiger partial charge in [-0.05, 0) is 49.6 Å². The molecule has 5 heteroatoms. The first-order chi connectivity index (χ1) is 11.1. The lowest BCUT2D eigenvalue weighted by molar-refractivity contribution is 0.981. The molecule has 2 aromatic carbocycles. The van der Waals surface area contributed by atoms with Crippen LogP contribution in [0.1, 0.15) is 16.7 Å². The van der Waals surface area contributed by atoms with E-state index in [1.54, 1.807) is 6.20 Å². The molecular weight excluding hydrogens is 286 g/mol. The maximum absolute atomic E-state index is 4.48. The minimum atomic E-state index is 0.467. The molecule has 0 saturated heterocycles. The molecule has 0 saturated carbocycles. The van der Waals surface area contributed by atoms with Crippen LogP contribution in [0, 0.1) is 20.8 Å². The lowest BCUT2D eigenvalue weighted by atomic mass is 10.1. The summed E-state index contributed by atoms with van der Waals surface area (Å²) in [7, 11) is 0. The minimum absolute atomic E-state index is 0.467. The Morgan fingerprint density at radius 2 is 1.52 bits per heavy atom. The maximum atomic E-state index is 4.48. The van der Waals surface area contributed by atoms with Crippen molar-refractivity contribution in [2.24, 2.45) is 0 Å². The number of para-hydroxylation sites is 1. The number of nitrogens with zero attached hydrogens (tertiary/aromatic N) is 3. The average Bonchev–Trinajstić information content (AvgIpc) is 2.55. The van der Waals surface area contributed by atoms with Crippen LogP contribution in [0.3, 0.4) is 0 Å². The molecular formula is C18H19N5. The summed E-state index contributed by atoms with van der Waals surface area (Å²) in [4.78, 5) is 4.48. The summed E-state index contributed by atoms with van der Waals surface area (Å²) in [5.41, 5.74) is 5.55. The number of benzene rings is 2. The van der Waals surface area contributed by atoms with E-state index in [9.17, 15) is 0 Å². The van der Waals surface area contributed by atoms with Gasteiger partial charge in [0, 0.05) is 11.4 Å². The summed E-state index contributed by atoms with van der Waals surface area (Å²) < 4.78 is 0. The molecule has 1 aromatic heterocycles. The molecule has 0 bridgehead atoms. The summed E-state index contributed by atoms with van der Waals surface area (Å²) >= 11 is 0. The van der Waals surface area contributed by atoms with Gasteiger partial charge in [-0.2, -0.15) is 10.1 Å². The van der Waals surface area contributed by atoms with E-state index in [1.807, 2.05) is 43.3 Å². The summed E-state index contributed by atoms with van der Waals surface area (Å²) in [5, 5.41) is 14.6. The second-order valence-electron chi connectivity index (χ2n) is 5.48. The third kappa shape index (κ3) is 3.45. The highest BCUT2D eigenvalue weighted by molar-refractivity contribution is 5.63. The average molecular weight is 305 g/mol. The minimum Gasteiger partial charge on any atom is -0.339 e. The summed E-state index contributed by atoms with van der Waals surface area (Å²) in [6, 6.07) is 14.1. The van der Waals surface area contributed by atoms with E-state index < -0.39 is 0 Å². The van der Waals surface area contributed by atoms with Gasteiger partial charge in [-0.1, -0.05) is 30.3 Å². The van der Waals surface area contributed by atoms with Crippen LogP contribution in [0.5, 0.6) is 0 Å². The van der Waals surface area contributed by atoms with Gasteiger partial charge in [0.05, 0.1) is 6.20 Å². The lowest BCUT2D eigenvalue weighted by Crippen LogP contribution is -2.04. The van der Waals surface area contributed by atoms with Crippen molar-refractivity contribution in [2.45, 2.75) is 20.8 Å². The van der Waals surface area contributed by atoms with Gasteiger partial charge in [0.1, 0.15) is 0 Å². The second-order valence-corrected chi connectivity index (χ2v) is 5.48. The van der Waals surface area contributed by atoms with E-state index >= 15 is 0 Å². The molecule has 3 aromatic rings. The zero-order valence-corrected chi connectivity index (χ0v) is 13.5. The van der Waals surface area contributed by atoms with Gasteiger partial charge in [0.15, 0.2) is 5.82 Å². The lowest BCUT2D eigenvalue weighted by Gasteiger charge is -2.11. The van der Waals surface area contributed by atoms with Crippen molar-refractivity contribution < 1.29 is 0 Å². The molecule has 0 radical (unpaired) electrons. The Kier molecular flexibility index (Phi) is 4.19. The Labute approximate surface area is 135 Å². The Balaban J connectivity index is 1.83. The maximum Gasteiger partial charge on any atom is 0.249 e. The fraction of sp³-hybridized carbons (Fsp3) is 0.167. The fourth-order valence-corrected chi connectivity index (χ4v) is 2.27. The number of hydrogen-bond acceptors (Lipinski definition) is 5. The molecule has 0 amide bonds. The molecule has 1 heterocycles. The van der Waals surface area contributed by atoms with Gasteiger partial charge in [-0.3, -0.25) is 0 Å². The summed E-state index contributed by atoms with van der Waals surface area (Å²) in [5.74, 6) is 1.12. The Morgan fingerprint density at radius 3 is 2.35 bits per heavy atom. The van der Waals surface area contributed by atoms with Crippen LogP contribution in [0.2, 0.25) is 0 Å². The van der Waals surface area contributed by atoms with Crippen LogP contribution in [0.15, 0.2) is 48.7 Å². The molecule has 0 aliphatic rings. The first-order valence-corrected chi connectivity index (χ1v) is 7.49. The smallest absolute Gasteiger partial charge is 0.249 e. The largest absolute Gasteiger partial charge is 0.339 e. The van der Waals surface area contributed by atoms with Gasteiger partial charge in [0.2, 0.25) is 5.95 Å². The second kappa shape index (κ2) is 6.44. The molecule has 0 fully saturated rings. The molecule has 0 aliphatic heterocycles. The van der Waals surface area contributed by atoms with Crippen molar-refractivity contribution in [1.82, 2.24) is 15.2 Å². The van der Waals surface area contributed by atoms with Crippen molar-refractivity contribution in [1.29, 1.82) is 0 Å². The molecule has 23 heavy (non-hydrogen) atoms. The van der Waals surface area contributed by atoms with Crippen LogP contribution in [0.4, 0.5) is 23.1 Å². The number of aromatic nitrogens is 3. The Morgan fingerprint density at radius 1 is 0.783 bits per heavy atom. The van der Waals surface area contributed by atoms with Crippen LogP contribution in [0.25, 0.3) is 0 Å². The normalized spacial score (nSPS) is 10.4. The number of aryl methyl sites for hydroxylation is 2. The van der Waals surface area contributed by atoms with Gasteiger partial charge < -0.3 is 10.6 Å². The van der Waals surface area contributed by atoms with Gasteiger partial charge in [-0.15, -0.1) is 5.10 Å². The Bertz CT molecular complexity index is 829. The molecule has 0 unspecified atom stereocenters. The zero-order chi connectivity index (χ0) is 16.2. The SMILES string of the molecule is Cc1ccccc1Nc1nncc(Nc2cccc(C)c2C)n1. The Hall–Kier alpha value is -2.95. The number of anilines is 4. The van der Waals surface area contributed by atoms with E-state index in [1.165, 1.54) is 11.1 Å². The highest BCUT2D eigenvalue weighted by Gasteiger charge is 2.05. The van der Waals surface area contributed by atoms with E-state index in [0.29, 0.717) is 11.8 Å². The first kappa shape index (κ1) is 15.0. The highest BCUT2D eigenvalue weighted by atomic mass is 15.3. The van der Waals surface area contributed by atoms with Crippen molar-refractivity contribution in [2.75, 3.05) is 10.6 Å². The van der Waals surface area contributed by atoms with Crippen molar-refractivity contribution in [3.8, 4) is 0 Å². The fourth-order valence-electron chi connectivity index (χ4n) is 2.27. The molecule has 0 aliphatic carbocycles. The van der Waals surface area contributed by atoms with Crippen molar-refractivity contribution >= 4 is 23.1 Å². The predicted molar refractivity (Wildman–Crippen MR) is 93.5 cm³/mol. The number of nitrogens with one attached hydrogen (secondary N) is 2. The summed E-state index contributed by atoms with van der Waals surface area (Å²) in [6.07, 6.45) is 1.62. The third-order valence-corrected chi connectivity index (χ3v) is 3.82. The van der Waals surface area contributed by atoms with Gasteiger partial charge >= 0.3 is 0 Å². The molecule has 0 atom stereocenters. The van der Waals surface area contributed by atoms with Gasteiger partial charge in [-0.25, -0.2) is 0 Å². The van der Waals surface area contributed by atoms with E-state index in [0.717, 1.165) is 16.9 Å². The third-order valence-electron chi connectivity index (χ3n) is 3.82. The summed E-state index contributed by atoms with van der Waals surface area (Å²) in [6.45, 7) is 6.21. The molecule has 0 spiro atoms. The molecule has 2 N–H and O–H groups in total. The predicted octanol–water partition coefficient (Wildman–Crippen LogP) is 4.28. The zero-order valence-electron chi connectivity index (χ0n) is 13.5. The van der Waals surface area contributed by atoms with E-state index in [4.69, 9.17) is 0 Å². The van der Waals surface area contributed by atoms with Gasteiger partial charge in [0.25, 0.3) is 0 Å². The highest BCUT2D eigenvalue weighted by Crippen LogP contribution is 2.22. The van der Waals surface area contributed by atoms with E-state index in [-0.39, 0.29) is 0 Å². The standard InChI is InChI=1S/C18H19N5/c1-12-8-6-10-16(14(12)3)20-17-11-19-23-18(22-17)21-15-9-5-4-7-13(15)2/h4-11H,1-3H3,(H2,20,21,22,23). The first-order valence-electron chi connectivity index (χ1n) is 7.49. The van der Waals surface area contributed by atoms with Crippen LogP contribution in [-0.4, -0.2) is 15.2 Å². The quantitative estimate of drug-likeness (QED) is 0.753. The van der Waals surface area contributed by atoms with Crippen LogP contribution in [-0.2, 0) is 0 Å². The van der Waals surface area contributed by atoms with Crippen molar-refractivity contribution in [3.05, 3.63) is 65.4 Å². The van der Waals surface area contributed by atoms with Crippen molar-refractivity contribution in [3.63, 3.8) is 0 Å². The molecule has 5 nitrogen and oxygen atoms in total. The molecule has 3 rings (SSSR count). The van der Waals surface area contributed by atoms with E-state index in [2.05, 4.69) is 45.7 Å². The number of rotatable bonds is 4. The number of hydrogen-bond donors (Lipinski definition) is 2. The topological polar surface area (TPSA) is 62.7 Å². The van der Waals surface area contributed by atoms with Crippen LogP contribution < -0.4 is 10.6 Å². The van der Waals surface area contributed by atoms with Crippen LogP contribution >= 0.6 is 0 Å².